The van der Waals surface area contributed by atoms with E-state index in [1.165, 1.54) is 0 Å². The maximum atomic E-state index is 5.79. The lowest BCUT2D eigenvalue weighted by molar-refractivity contribution is 0.299. The zero-order valence-electron chi connectivity index (χ0n) is 11.5. The van der Waals surface area contributed by atoms with E-state index in [9.17, 15) is 0 Å². The summed E-state index contributed by atoms with van der Waals surface area (Å²) in [6.45, 7) is 5.61. The highest BCUT2D eigenvalue weighted by atomic mass is 16.5. The van der Waals surface area contributed by atoms with Gasteiger partial charge in [-0.3, -0.25) is 0 Å². The van der Waals surface area contributed by atoms with Gasteiger partial charge in [-0.15, -0.1) is 0 Å². The topological polar surface area (TPSA) is 34.1 Å². The summed E-state index contributed by atoms with van der Waals surface area (Å²) in [7, 11) is 0. The summed E-state index contributed by atoms with van der Waals surface area (Å²) >= 11 is 0. The van der Waals surface area contributed by atoms with Crippen LogP contribution in [0.1, 0.15) is 24.6 Å². The van der Waals surface area contributed by atoms with Crippen molar-refractivity contribution in [3.05, 3.63) is 53.7 Å². The summed E-state index contributed by atoms with van der Waals surface area (Å²) in [5.74, 6) is 1.82. The van der Waals surface area contributed by atoms with E-state index in [0.29, 0.717) is 6.61 Å². The number of nitrogens with zero attached hydrogens (tertiary/aromatic N) is 1. The van der Waals surface area contributed by atoms with E-state index in [-0.39, 0.29) is 0 Å². The van der Waals surface area contributed by atoms with Crippen LogP contribution in [-0.2, 0) is 6.61 Å². The van der Waals surface area contributed by atoms with Crippen LogP contribution in [0.25, 0.3) is 0 Å². The van der Waals surface area contributed by atoms with Gasteiger partial charge in [-0.1, -0.05) is 31.2 Å². The average Bonchev–Trinajstić information content (AvgIpc) is 2.45. The summed E-state index contributed by atoms with van der Waals surface area (Å²) in [6, 6.07) is 14.0. The second kappa shape index (κ2) is 6.78. The Morgan fingerprint density at radius 1 is 1.11 bits per heavy atom. The fraction of sp³-hybridized carbons (Fsp3) is 0.312. The molecule has 3 nitrogen and oxygen atoms in total. The molecule has 0 saturated carbocycles. The number of para-hydroxylation sites is 1. The fourth-order valence-corrected chi connectivity index (χ4v) is 1.78. The minimum absolute atomic E-state index is 0.493. The van der Waals surface area contributed by atoms with Gasteiger partial charge in [-0.25, -0.2) is 4.98 Å². The highest BCUT2D eigenvalue weighted by Crippen LogP contribution is 2.17. The van der Waals surface area contributed by atoms with Gasteiger partial charge in [0.15, 0.2) is 0 Å². The number of benzene rings is 1. The number of nitrogens with one attached hydrogen (secondary N) is 1. The second-order valence-electron chi connectivity index (χ2n) is 4.50. The molecule has 0 spiro atoms. The Morgan fingerprint density at radius 3 is 2.74 bits per heavy atom. The molecule has 0 bridgehead atoms. The first-order valence-corrected chi connectivity index (χ1v) is 6.68. The summed E-state index contributed by atoms with van der Waals surface area (Å²) in [4.78, 5) is 4.52. The smallest absolute Gasteiger partial charge is 0.130 e. The molecule has 1 aromatic heterocycles. The van der Waals surface area contributed by atoms with Gasteiger partial charge in [0, 0.05) is 6.54 Å². The maximum absolute atomic E-state index is 5.79. The predicted molar refractivity (Wildman–Crippen MR) is 78.5 cm³/mol. The molecule has 3 heteroatoms. The minimum atomic E-state index is 0.493. The van der Waals surface area contributed by atoms with Crippen molar-refractivity contribution in [2.75, 3.05) is 11.9 Å². The predicted octanol–water partition coefficient (Wildman–Crippen LogP) is 3.79. The molecule has 2 rings (SSSR count). The third-order valence-corrected chi connectivity index (χ3v) is 2.83. The quantitative estimate of drug-likeness (QED) is 0.853. The molecule has 0 fully saturated rings. The van der Waals surface area contributed by atoms with Gasteiger partial charge in [0.05, 0.1) is 5.69 Å². The van der Waals surface area contributed by atoms with E-state index in [1.54, 1.807) is 0 Å². The molecule has 1 N–H and O–H groups in total. The number of ether oxygens (including phenoxy) is 1. The first-order valence-electron chi connectivity index (χ1n) is 6.68. The molecule has 2 aromatic rings. The van der Waals surface area contributed by atoms with Crippen molar-refractivity contribution in [3.63, 3.8) is 0 Å². The second-order valence-corrected chi connectivity index (χ2v) is 4.50. The molecule has 100 valence electrons. The average molecular weight is 256 g/mol. The number of rotatable bonds is 6. The molecule has 0 radical (unpaired) electrons. The first kappa shape index (κ1) is 13.4. The van der Waals surface area contributed by atoms with Crippen LogP contribution in [0.5, 0.6) is 5.75 Å². The van der Waals surface area contributed by atoms with E-state index in [1.807, 2.05) is 49.4 Å². The third kappa shape index (κ3) is 3.98. The van der Waals surface area contributed by atoms with Crippen molar-refractivity contribution < 1.29 is 4.74 Å². The summed E-state index contributed by atoms with van der Waals surface area (Å²) in [5, 5.41) is 3.28. The first-order chi connectivity index (χ1) is 9.29. The van der Waals surface area contributed by atoms with Crippen LogP contribution < -0.4 is 10.1 Å². The fourth-order valence-electron chi connectivity index (χ4n) is 1.78. The third-order valence-electron chi connectivity index (χ3n) is 2.83. The van der Waals surface area contributed by atoms with Crippen LogP contribution in [0.4, 0.5) is 5.82 Å². The van der Waals surface area contributed by atoms with Crippen LogP contribution in [0, 0.1) is 6.92 Å². The van der Waals surface area contributed by atoms with E-state index in [0.717, 1.165) is 35.8 Å². The molecule has 0 unspecified atom stereocenters. The van der Waals surface area contributed by atoms with Crippen LogP contribution in [-0.4, -0.2) is 11.5 Å². The van der Waals surface area contributed by atoms with E-state index in [2.05, 4.69) is 17.2 Å². The van der Waals surface area contributed by atoms with Crippen LogP contribution in [0.15, 0.2) is 42.5 Å². The van der Waals surface area contributed by atoms with Gasteiger partial charge in [0.2, 0.25) is 0 Å². The lowest BCUT2D eigenvalue weighted by Gasteiger charge is -2.09. The Balaban J connectivity index is 1.98. The van der Waals surface area contributed by atoms with Crippen LogP contribution in [0.3, 0.4) is 0 Å². The highest BCUT2D eigenvalue weighted by Gasteiger charge is 2.01. The molecule has 0 aliphatic rings. The number of pyridine rings is 1. The standard InChI is InChI=1S/C16H20N2O/c1-3-11-17-16-10-6-8-14(18-16)12-19-15-9-5-4-7-13(15)2/h4-10H,3,11-12H2,1-2H3,(H,17,18). The van der Waals surface area contributed by atoms with Gasteiger partial charge < -0.3 is 10.1 Å². The van der Waals surface area contributed by atoms with Gasteiger partial charge in [0.25, 0.3) is 0 Å². The highest BCUT2D eigenvalue weighted by molar-refractivity contribution is 5.35. The summed E-state index contributed by atoms with van der Waals surface area (Å²) in [6.07, 6.45) is 1.09. The van der Waals surface area contributed by atoms with E-state index >= 15 is 0 Å². The number of aromatic nitrogens is 1. The zero-order chi connectivity index (χ0) is 13.5. The summed E-state index contributed by atoms with van der Waals surface area (Å²) < 4.78 is 5.79. The molecule has 19 heavy (non-hydrogen) atoms. The largest absolute Gasteiger partial charge is 0.487 e. The number of hydrogen-bond donors (Lipinski definition) is 1. The molecule has 0 aliphatic heterocycles. The minimum Gasteiger partial charge on any atom is -0.487 e. The molecule has 1 aromatic carbocycles. The molecule has 0 amide bonds. The van der Waals surface area contributed by atoms with Gasteiger partial charge in [-0.2, -0.15) is 0 Å². The van der Waals surface area contributed by atoms with Gasteiger partial charge >= 0.3 is 0 Å². The number of aryl methyl sites for hydroxylation is 1. The summed E-state index contributed by atoms with van der Waals surface area (Å²) in [5.41, 5.74) is 2.08. The van der Waals surface area contributed by atoms with Crippen LogP contribution in [0.2, 0.25) is 0 Å². The lowest BCUT2D eigenvalue weighted by Crippen LogP contribution is -2.05. The number of anilines is 1. The molecule has 1 heterocycles. The maximum Gasteiger partial charge on any atom is 0.130 e. The zero-order valence-corrected chi connectivity index (χ0v) is 11.5. The Labute approximate surface area is 114 Å². The SMILES string of the molecule is CCCNc1cccc(COc2ccccc2C)n1. The number of hydrogen-bond acceptors (Lipinski definition) is 3. The van der Waals surface area contributed by atoms with Crippen molar-refractivity contribution in [2.24, 2.45) is 0 Å². The van der Waals surface area contributed by atoms with Gasteiger partial charge in [-0.05, 0) is 37.1 Å². The van der Waals surface area contributed by atoms with Crippen molar-refractivity contribution in [1.29, 1.82) is 0 Å². The monoisotopic (exact) mass is 256 g/mol. The van der Waals surface area contributed by atoms with E-state index < -0.39 is 0 Å². The molecular formula is C16H20N2O. The van der Waals surface area contributed by atoms with Crippen molar-refractivity contribution >= 4 is 5.82 Å². The Bertz CT molecular complexity index is 526. The Kier molecular flexibility index (Phi) is 4.78. The van der Waals surface area contributed by atoms with Crippen molar-refractivity contribution in [2.45, 2.75) is 26.9 Å². The Hall–Kier alpha value is -2.03. The lowest BCUT2D eigenvalue weighted by atomic mass is 10.2. The van der Waals surface area contributed by atoms with E-state index in [4.69, 9.17) is 4.74 Å². The van der Waals surface area contributed by atoms with Gasteiger partial charge in [0.1, 0.15) is 18.2 Å². The molecule has 0 atom stereocenters. The van der Waals surface area contributed by atoms with Crippen molar-refractivity contribution in [1.82, 2.24) is 4.98 Å². The Morgan fingerprint density at radius 2 is 1.95 bits per heavy atom. The molecule has 0 aliphatic carbocycles. The molecular weight excluding hydrogens is 236 g/mol. The van der Waals surface area contributed by atoms with Crippen LogP contribution >= 0.6 is 0 Å². The normalized spacial score (nSPS) is 10.2. The molecule has 0 saturated heterocycles. The van der Waals surface area contributed by atoms with Crippen molar-refractivity contribution in [3.8, 4) is 5.75 Å².